The molecule has 0 saturated carbocycles. The molecule has 1 amide bonds. The van der Waals surface area contributed by atoms with Gasteiger partial charge in [-0.05, 0) is 25.1 Å². The van der Waals surface area contributed by atoms with E-state index in [1.807, 2.05) is 19.1 Å². The van der Waals surface area contributed by atoms with Crippen molar-refractivity contribution in [3.8, 4) is 5.75 Å². The summed E-state index contributed by atoms with van der Waals surface area (Å²) in [5.41, 5.74) is 1.94. The minimum Gasteiger partial charge on any atom is -0.495 e. The number of methoxy groups -OCH3 is 1. The molecule has 1 aromatic carbocycles. The standard InChI is InChI=1S/C16H15ClN4O2S/c1-9(15(22)19-11-5-3-4-6-13(11)23-2)24-16-20-12-7-10(17)8-18-14(12)21-16/h3-9H,1-2H3,(H,19,22)(H,18,20,21)/t9-/m1/s1. The summed E-state index contributed by atoms with van der Waals surface area (Å²) in [6, 6.07) is 9.02. The zero-order chi connectivity index (χ0) is 17.1. The number of benzene rings is 1. The normalized spacial score (nSPS) is 12.1. The van der Waals surface area contributed by atoms with Crippen LogP contribution in [-0.2, 0) is 4.79 Å². The average molecular weight is 363 g/mol. The van der Waals surface area contributed by atoms with Crippen LogP contribution in [-0.4, -0.2) is 33.2 Å². The van der Waals surface area contributed by atoms with E-state index in [1.165, 1.54) is 18.0 Å². The molecule has 8 heteroatoms. The fourth-order valence-electron chi connectivity index (χ4n) is 2.11. The highest BCUT2D eigenvalue weighted by Gasteiger charge is 2.18. The number of anilines is 1. The summed E-state index contributed by atoms with van der Waals surface area (Å²) in [5.74, 6) is 0.474. The van der Waals surface area contributed by atoms with Crippen LogP contribution in [0.4, 0.5) is 5.69 Å². The van der Waals surface area contributed by atoms with Crippen molar-refractivity contribution in [2.24, 2.45) is 0 Å². The summed E-state index contributed by atoms with van der Waals surface area (Å²) in [5, 5.41) is 3.65. The highest BCUT2D eigenvalue weighted by atomic mass is 35.5. The van der Waals surface area contributed by atoms with Gasteiger partial charge in [-0.1, -0.05) is 35.5 Å². The van der Waals surface area contributed by atoms with Gasteiger partial charge in [0, 0.05) is 6.20 Å². The number of rotatable bonds is 5. The third-order valence-electron chi connectivity index (χ3n) is 3.30. The number of pyridine rings is 1. The molecule has 124 valence electrons. The fraction of sp³-hybridized carbons (Fsp3) is 0.188. The van der Waals surface area contributed by atoms with Crippen LogP contribution >= 0.6 is 23.4 Å². The molecule has 0 aliphatic rings. The molecule has 0 aliphatic heterocycles. The molecular weight excluding hydrogens is 348 g/mol. The molecule has 0 aliphatic carbocycles. The Hall–Kier alpha value is -2.25. The second kappa shape index (κ2) is 7.11. The van der Waals surface area contributed by atoms with Gasteiger partial charge in [0.2, 0.25) is 5.91 Å². The number of ether oxygens (including phenoxy) is 1. The Morgan fingerprint density at radius 1 is 1.42 bits per heavy atom. The van der Waals surface area contributed by atoms with E-state index in [0.29, 0.717) is 27.3 Å². The first-order valence-electron chi connectivity index (χ1n) is 7.18. The molecule has 0 spiro atoms. The van der Waals surface area contributed by atoms with Crippen LogP contribution in [0.25, 0.3) is 11.2 Å². The van der Waals surface area contributed by atoms with Crippen LogP contribution in [0.2, 0.25) is 5.02 Å². The SMILES string of the molecule is COc1ccccc1NC(=O)[C@@H](C)Sc1nc2ncc(Cl)cc2[nH]1. The number of carbonyl (C=O) groups is 1. The maximum atomic E-state index is 12.4. The monoisotopic (exact) mass is 362 g/mol. The summed E-state index contributed by atoms with van der Waals surface area (Å²) < 4.78 is 5.23. The Morgan fingerprint density at radius 3 is 3.00 bits per heavy atom. The molecule has 0 saturated heterocycles. The van der Waals surface area contributed by atoms with Gasteiger partial charge >= 0.3 is 0 Å². The van der Waals surface area contributed by atoms with E-state index in [-0.39, 0.29) is 11.2 Å². The molecule has 0 radical (unpaired) electrons. The van der Waals surface area contributed by atoms with Crippen molar-refractivity contribution in [3.05, 3.63) is 41.6 Å². The number of amides is 1. The van der Waals surface area contributed by atoms with Crippen LogP contribution in [0, 0.1) is 0 Å². The second-order valence-electron chi connectivity index (χ2n) is 5.02. The number of hydrogen-bond donors (Lipinski definition) is 2. The Kier molecular flexibility index (Phi) is 4.92. The van der Waals surface area contributed by atoms with E-state index >= 15 is 0 Å². The van der Waals surface area contributed by atoms with E-state index < -0.39 is 0 Å². The predicted molar refractivity (Wildman–Crippen MR) is 95.8 cm³/mol. The Balaban J connectivity index is 1.71. The molecular formula is C16H15ClN4O2S. The van der Waals surface area contributed by atoms with Gasteiger partial charge in [-0.25, -0.2) is 9.97 Å². The van der Waals surface area contributed by atoms with Crippen LogP contribution < -0.4 is 10.1 Å². The Labute approximate surface area is 148 Å². The first kappa shape index (κ1) is 16.6. The van der Waals surface area contributed by atoms with Gasteiger partial charge < -0.3 is 15.0 Å². The van der Waals surface area contributed by atoms with E-state index in [0.717, 1.165) is 5.52 Å². The zero-order valence-corrected chi connectivity index (χ0v) is 14.6. The quantitative estimate of drug-likeness (QED) is 0.676. The molecule has 6 nitrogen and oxygen atoms in total. The van der Waals surface area contributed by atoms with Crippen LogP contribution in [0.3, 0.4) is 0 Å². The Bertz CT molecular complexity index is 883. The largest absolute Gasteiger partial charge is 0.495 e. The topological polar surface area (TPSA) is 79.9 Å². The van der Waals surface area contributed by atoms with Gasteiger partial charge in [0.1, 0.15) is 5.75 Å². The highest BCUT2D eigenvalue weighted by Crippen LogP contribution is 2.27. The van der Waals surface area contributed by atoms with Crippen molar-refractivity contribution < 1.29 is 9.53 Å². The molecule has 3 rings (SSSR count). The average Bonchev–Trinajstić information content (AvgIpc) is 2.96. The molecule has 2 aromatic heterocycles. The molecule has 24 heavy (non-hydrogen) atoms. The number of para-hydroxylation sites is 2. The first-order valence-corrected chi connectivity index (χ1v) is 8.44. The molecule has 2 N–H and O–H groups in total. The number of aromatic nitrogens is 3. The number of halogens is 1. The molecule has 0 fully saturated rings. The van der Waals surface area contributed by atoms with Crippen molar-refractivity contribution in [2.75, 3.05) is 12.4 Å². The Morgan fingerprint density at radius 2 is 2.21 bits per heavy atom. The van der Waals surface area contributed by atoms with Gasteiger partial charge in [0.15, 0.2) is 10.8 Å². The number of carbonyl (C=O) groups excluding carboxylic acids is 1. The summed E-state index contributed by atoms with van der Waals surface area (Å²) in [6.07, 6.45) is 1.54. The van der Waals surface area contributed by atoms with Crippen molar-refractivity contribution in [3.63, 3.8) is 0 Å². The number of imidazole rings is 1. The van der Waals surface area contributed by atoms with Crippen molar-refractivity contribution in [1.82, 2.24) is 15.0 Å². The fourth-order valence-corrected chi connectivity index (χ4v) is 3.08. The smallest absolute Gasteiger partial charge is 0.237 e. The lowest BCUT2D eigenvalue weighted by Gasteiger charge is -2.13. The molecule has 1 atom stereocenters. The van der Waals surface area contributed by atoms with E-state index in [9.17, 15) is 4.79 Å². The van der Waals surface area contributed by atoms with Gasteiger partial charge in [-0.2, -0.15) is 0 Å². The molecule has 0 unspecified atom stereocenters. The zero-order valence-electron chi connectivity index (χ0n) is 13.0. The predicted octanol–water partition coefficient (Wildman–Crippen LogP) is 3.74. The number of nitrogens with zero attached hydrogens (tertiary/aromatic N) is 2. The highest BCUT2D eigenvalue weighted by molar-refractivity contribution is 8.00. The number of fused-ring (bicyclic) bond motifs is 1. The van der Waals surface area contributed by atoms with Crippen molar-refractivity contribution in [1.29, 1.82) is 0 Å². The summed E-state index contributed by atoms with van der Waals surface area (Å²) >= 11 is 7.22. The third kappa shape index (κ3) is 3.63. The van der Waals surface area contributed by atoms with Crippen molar-refractivity contribution in [2.45, 2.75) is 17.3 Å². The summed E-state index contributed by atoms with van der Waals surface area (Å²) in [4.78, 5) is 24.0. The number of aromatic amines is 1. The van der Waals surface area contributed by atoms with E-state index in [1.54, 1.807) is 25.3 Å². The van der Waals surface area contributed by atoms with Crippen LogP contribution in [0.5, 0.6) is 5.75 Å². The van der Waals surface area contributed by atoms with Crippen LogP contribution in [0.1, 0.15) is 6.92 Å². The molecule has 3 aromatic rings. The van der Waals surface area contributed by atoms with E-state index in [2.05, 4.69) is 20.3 Å². The lowest BCUT2D eigenvalue weighted by molar-refractivity contribution is -0.115. The maximum absolute atomic E-state index is 12.4. The lowest BCUT2D eigenvalue weighted by Crippen LogP contribution is -2.22. The summed E-state index contributed by atoms with van der Waals surface area (Å²) in [7, 11) is 1.57. The van der Waals surface area contributed by atoms with Gasteiger partial charge in [0.25, 0.3) is 0 Å². The van der Waals surface area contributed by atoms with Crippen LogP contribution in [0.15, 0.2) is 41.7 Å². The van der Waals surface area contributed by atoms with Gasteiger partial charge in [-0.3, -0.25) is 4.79 Å². The number of hydrogen-bond acceptors (Lipinski definition) is 5. The first-order chi connectivity index (χ1) is 11.6. The summed E-state index contributed by atoms with van der Waals surface area (Å²) in [6.45, 7) is 1.81. The van der Waals surface area contributed by atoms with Crippen molar-refractivity contribution >= 4 is 46.1 Å². The number of H-pyrrole nitrogens is 1. The second-order valence-corrected chi connectivity index (χ2v) is 6.78. The minimum absolute atomic E-state index is 0.143. The molecule has 2 heterocycles. The minimum atomic E-state index is -0.356. The maximum Gasteiger partial charge on any atom is 0.237 e. The van der Waals surface area contributed by atoms with Gasteiger partial charge in [0.05, 0.1) is 28.6 Å². The number of nitrogens with one attached hydrogen (secondary N) is 2. The number of thioether (sulfide) groups is 1. The molecule has 0 bridgehead atoms. The van der Waals surface area contributed by atoms with E-state index in [4.69, 9.17) is 16.3 Å². The van der Waals surface area contributed by atoms with Gasteiger partial charge in [-0.15, -0.1) is 0 Å². The lowest BCUT2D eigenvalue weighted by atomic mass is 10.3. The third-order valence-corrected chi connectivity index (χ3v) is 4.50.